The molecule has 0 spiro atoms. The number of amides is 1. The highest BCUT2D eigenvalue weighted by atomic mass is 19.4. The van der Waals surface area contributed by atoms with Crippen molar-refractivity contribution in [2.24, 2.45) is 0 Å². The Hall–Kier alpha value is -4.99. The van der Waals surface area contributed by atoms with Gasteiger partial charge in [-0.05, 0) is 79.0 Å². The Bertz CT molecular complexity index is 1820. The van der Waals surface area contributed by atoms with E-state index in [0.717, 1.165) is 12.1 Å². The van der Waals surface area contributed by atoms with Gasteiger partial charge >= 0.3 is 12.1 Å². The number of hydrogen-bond acceptors (Lipinski definition) is 5. The van der Waals surface area contributed by atoms with Crippen LogP contribution in [0.15, 0.2) is 89.9 Å². The van der Waals surface area contributed by atoms with E-state index in [9.17, 15) is 27.6 Å². The van der Waals surface area contributed by atoms with Crippen LogP contribution < -0.4 is 10.9 Å². The van der Waals surface area contributed by atoms with Gasteiger partial charge in [-0.15, -0.1) is 0 Å². The van der Waals surface area contributed by atoms with E-state index >= 15 is 0 Å². The Kier molecular flexibility index (Phi) is 6.85. The second kappa shape index (κ2) is 10.3. The third-order valence-corrected chi connectivity index (χ3v) is 6.60. The lowest BCUT2D eigenvalue weighted by Crippen LogP contribution is -2.27. The molecule has 2 aromatic heterocycles. The Morgan fingerprint density at radius 2 is 1.60 bits per heavy atom. The van der Waals surface area contributed by atoms with Gasteiger partial charge in [0.2, 0.25) is 0 Å². The molecule has 0 aliphatic carbocycles. The van der Waals surface area contributed by atoms with Gasteiger partial charge in [0.1, 0.15) is 0 Å². The minimum atomic E-state index is -4.54. The monoisotopic (exact) mass is 545 g/mol. The number of alkyl halides is 3. The Morgan fingerprint density at radius 3 is 2.25 bits per heavy atom. The highest BCUT2D eigenvalue weighted by Gasteiger charge is 2.30. The van der Waals surface area contributed by atoms with Crippen molar-refractivity contribution in [3.63, 3.8) is 0 Å². The zero-order valence-corrected chi connectivity index (χ0v) is 21.3. The molecule has 2 heterocycles. The van der Waals surface area contributed by atoms with Gasteiger partial charge in [-0.25, -0.2) is 4.79 Å². The molecule has 0 unspecified atom stereocenters. The summed E-state index contributed by atoms with van der Waals surface area (Å²) in [6.45, 7) is 1.80. The molecule has 40 heavy (non-hydrogen) atoms. The topological polar surface area (TPSA) is 90.3 Å². The van der Waals surface area contributed by atoms with Crippen LogP contribution in [0.25, 0.3) is 27.4 Å². The summed E-state index contributed by atoms with van der Waals surface area (Å²) in [6.07, 6.45) is -2.91. The highest BCUT2D eigenvalue weighted by molar-refractivity contribution is 6.10. The van der Waals surface area contributed by atoms with Gasteiger partial charge in [-0.3, -0.25) is 19.1 Å². The lowest BCUT2D eigenvalue weighted by atomic mass is 10.0. The number of fused-ring (bicyclic) bond motifs is 3. The normalized spacial score (nSPS) is 12.3. The van der Waals surface area contributed by atoms with Crippen molar-refractivity contribution in [3.8, 4) is 5.69 Å². The summed E-state index contributed by atoms with van der Waals surface area (Å²) in [5, 5.41) is 3.98. The van der Waals surface area contributed by atoms with E-state index in [4.69, 9.17) is 4.74 Å². The molecule has 1 amide bonds. The Morgan fingerprint density at radius 1 is 0.900 bits per heavy atom. The number of carbonyl (C=O) groups excluding carboxylic acids is 2. The number of rotatable bonds is 5. The average Bonchev–Trinajstić information content (AvgIpc) is 2.96. The van der Waals surface area contributed by atoms with Crippen LogP contribution in [0.2, 0.25) is 0 Å². The molecule has 0 bridgehead atoms. The third-order valence-electron chi connectivity index (χ3n) is 6.60. The van der Waals surface area contributed by atoms with Gasteiger partial charge in [0.15, 0.2) is 0 Å². The zero-order chi connectivity index (χ0) is 28.6. The first kappa shape index (κ1) is 26.6. The maximum Gasteiger partial charge on any atom is 0.416 e. The summed E-state index contributed by atoms with van der Waals surface area (Å²) in [5.41, 5.74) is 0.257. The van der Waals surface area contributed by atoms with Crippen LogP contribution in [0, 0.1) is 0 Å². The first-order valence-electron chi connectivity index (χ1n) is 12.2. The van der Waals surface area contributed by atoms with Crippen LogP contribution in [0.1, 0.15) is 44.9 Å². The summed E-state index contributed by atoms with van der Waals surface area (Å²) < 4.78 is 45.6. The van der Waals surface area contributed by atoms with Crippen molar-refractivity contribution < 1.29 is 27.5 Å². The van der Waals surface area contributed by atoms with Crippen molar-refractivity contribution in [3.05, 3.63) is 118 Å². The number of methoxy groups -OCH3 is 1. The predicted octanol–water partition coefficient (Wildman–Crippen LogP) is 5.84. The zero-order valence-electron chi connectivity index (χ0n) is 21.3. The van der Waals surface area contributed by atoms with Gasteiger partial charge in [0.25, 0.3) is 11.5 Å². The standard InChI is InChI=1S/C30H22F3N3O4/c1-17(25-5-3-4-14-34-25)35-27(37)18-7-13-26-23(15-18)22-12-6-19(29(39)40-2)16-24(22)28(38)36(26)21-10-8-20(9-11-21)30(31,32)33/h3-17H,1-2H3,(H,35,37)/t17-/m0/s1. The smallest absolute Gasteiger partial charge is 0.416 e. The van der Waals surface area contributed by atoms with Crippen molar-refractivity contribution >= 4 is 33.6 Å². The van der Waals surface area contributed by atoms with Gasteiger partial charge in [0, 0.05) is 28.2 Å². The number of carbonyl (C=O) groups is 2. The molecule has 1 atom stereocenters. The first-order chi connectivity index (χ1) is 19.1. The number of pyridine rings is 2. The molecule has 5 rings (SSSR count). The second-order valence-corrected chi connectivity index (χ2v) is 9.12. The van der Waals surface area contributed by atoms with Crippen LogP contribution in [-0.2, 0) is 10.9 Å². The SMILES string of the molecule is COC(=O)c1ccc2c(c1)c(=O)n(-c1ccc(C(F)(F)F)cc1)c1ccc(C(=O)N[C@@H](C)c3ccccn3)cc21. The Labute approximate surface area is 225 Å². The molecule has 0 aliphatic rings. The van der Waals surface area contributed by atoms with Crippen LogP contribution >= 0.6 is 0 Å². The number of benzene rings is 3. The summed E-state index contributed by atoms with van der Waals surface area (Å²) in [7, 11) is 1.21. The fraction of sp³-hybridized carbons (Fsp3) is 0.133. The molecule has 5 aromatic rings. The fourth-order valence-electron chi connectivity index (χ4n) is 4.56. The van der Waals surface area contributed by atoms with Crippen molar-refractivity contribution in [2.75, 3.05) is 7.11 Å². The summed E-state index contributed by atoms with van der Waals surface area (Å²) >= 11 is 0. The van der Waals surface area contributed by atoms with E-state index in [1.54, 1.807) is 43.5 Å². The van der Waals surface area contributed by atoms with E-state index in [-0.39, 0.29) is 28.6 Å². The number of halogens is 3. The predicted molar refractivity (Wildman–Crippen MR) is 144 cm³/mol. The second-order valence-electron chi connectivity index (χ2n) is 9.12. The number of hydrogen-bond donors (Lipinski definition) is 1. The van der Waals surface area contributed by atoms with Gasteiger partial charge in [0.05, 0.1) is 35.5 Å². The van der Waals surface area contributed by atoms with Crippen LogP contribution in [0.4, 0.5) is 13.2 Å². The lowest BCUT2D eigenvalue weighted by Gasteiger charge is -2.17. The van der Waals surface area contributed by atoms with E-state index in [1.165, 1.54) is 42.0 Å². The number of nitrogens with zero attached hydrogens (tertiary/aromatic N) is 2. The number of esters is 1. The first-order valence-corrected chi connectivity index (χ1v) is 12.2. The molecule has 0 saturated heterocycles. The molecule has 1 N–H and O–H groups in total. The lowest BCUT2D eigenvalue weighted by molar-refractivity contribution is -0.137. The van der Waals surface area contributed by atoms with E-state index in [0.29, 0.717) is 27.5 Å². The minimum absolute atomic E-state index is 0.128. The van der Waals surface area contributed by atoms with E-state index in [2.05, 4.69) is 10.3 Å². The molecular formula is C30H22F3N3O4. The molecule has 0 saturated carbocycles. The molecular weight excluding hydrogens is 523 g/mol. The fourth-order valence-corrected chi connectivity index (χ4v) is 4.56. The summed E-state index contributed by atoms with van der Waals surface area (Å²) in [4.78, 5) is 43.3. The summed E-state index contributed by atoms with van der Waals surface area (Å²) in [5.74, 6) is -1.04. The van der Waals surface area contributed by atoms with Gasteiger partial charge in [-0.1, -0.05) is 12.1 Å². The summed E-state index contributed by atoms with van der Waals surface area (Å²) in [6, 6.07) is 18.4. The average molecular weight is 546 g/mol. The maximum absolute atomic E-state index is 13.7. The van der Waals surface area contributed by atoms with Crippen molar-refractivity contribution in [1.82, 2.24) is 14.9 Å². The number of ether oxygens (including phenoxy) is 1. The van der Waals surface area contributed by atoms with Crippen molar-refractivity contribution in [1.29, 1.82) is 0 Å². The van der Waals surface area contributed by atoms with E-state index in [1.807, 2.05) is 6.07 Å². The number of aromatic nitrogens is 2. The van der Waals surface area contributed by atoms with Crippen LogP contribution in [0.3, 0.4) is 0 Å². The van der Waals surface area contributed by atoms with E-state index < -0.39 is 23.3 Å². The van der Waals surface area contributed by atoms with Crippen LogP contribution in [0.5, 0.6) is 0 Å². The molecule has 3 aromatic carbocycles. The quantitative estimate of drug-likeness (QED) is 0.222. The van der Waals surface area contributed by atoms with Crippen LogP contribution in [-0.4, -0.2) is 28.5 Å². The Balaban J connectivity index is 1.69. The molecule has 0 radical (unpaired) electrons. The number of nitrogens with one attached hydrogen (secondary N) is 1. The third kappa shape index (κ3) is 4.91. The molecule has 0 aliphatic heterocycles. The maximum atomic E-state index is 13.7. The highest BCUT2D eigenvalue weighted by Crippen LogP contribution is 2.31. The molecule has 0 fully saturated rings. The van der Waals surface area contributed by atoms with Gasteiger partial charge < -0.3 is 10.1 Å². The van der Waals surface area contributed by atoms with Crippen molar-refractivity contribution in [2.45, 2.75) is 19.1 Å². The van der Waals surface area contributed by atoms with Gasteiger partial charge in [-0.2, -0.15) is 13.2 Å². The largest absolute Gasteiger partial charge is 0.465 e. The minimum Gasteiger partial charge on any atom is -0.465 e. The molecule has 10 heteroatoms. The molecule has 202 valence electrons. The molecule has 7 nitrogen and oxygen atoms in total.